The van der Waals surface area contributed by atoms with Crippen molar-refractivity contribution in [3.8, 4) is 17.2 Å². The standard InChI is InChI=1S/C17H16N4O2/c1-11(10-22)8-19-13(3)21-17(23)16(9-20-21)15-5-4-14(7-18)6-12(15)2/h4-6,8-10,20H,1-3H3/b11-8+,19-13?. The Morgan fingerprint density at radius 1 is 1.35 bits per heavy atom. The van der Waals surface area contributed by atoms with Crippen LogP contribution in [0.25, 0.3) is 11.1 Å². The molecule has 0 aliphatic heterocycles. The minimum Gasteiger partial charge on any atom is -0.298 e. The number of hydrogen-bond donors (Lipinski definition) is 1. The molecule has 0 atom stereocenters. The molecular weight excluding hydrogens is 292 g/mol. The number of nitriles is 1. The van der Waals surface area contributed by atoms with Gasteiger partial charge in [-0.2, -0.15) is 5.26 Å². The summed E-state index contributed by atoms with van der Waals surface area (Å²) in [6.45, 7) is 5.15. The van der Waals surface area contributed by atoms with E-state index in [0.29, 0.717) is 28.8 Å². The van der Waals surface area contributed by atoms with Crippen LogP contribution in [0.3, 0.4) is 0 Å². The Balaban J connectivity index is 2.47. The molecule has 23 heavy (non-hydrogen) atoms. The van der Waals surface area contributed by atoms with Crippen LogP contribution in [0.2, 0.25) is 0 Å². The third-order valence-electron chi connectivity index (χ3n) is 3.38. The highest BCUT2D eigenvalue weighted by Gasteiger charge is 2.12. The zero-order valence-electron chi connectivity index (χ0n) is 13.1. The Labute approximate surface area is 133 Å². The van der Waals surface area contributed by atoms with Crippen LogP contribution < -0.4 is 5.56 Å². The average Bonchev–Trinajstić information content (AvgIpc) is 2.93. The van der Waals surface area contributed by atoms with Crippen molar-refractivity contribution in [3.05, 3.63) is 57.6 Å². The molecule has 0 aliphatic carbocycles. The summed E-state index contributed by atoms with van der Waals surface area (Å²) in [5.74, 6) is 0.425. The third-order valence-corrected chi connectivity index (χ3v) is 3.38. The van der Waals surface area contributed by atoms with E-state index in [9.17, 15) is 9.59 Å². The van der Waals surface area contributed by atoms with Gasteiger partial charge < -0.3 is 0 Å². The highest BCUT2D eigenvalue weighted by molar-refractivity contribution is 5.83. The largest absolute Gasteiger partial charge is 0.298 e. The first-order valence-corrected chi connectivity index (χ1v) is 6.96. The van der Waals surface area contributed by atoms with Crippen LogP contribution in [0.5, 0.6) is 0 Å². The molecule has 0 bridgehead atoms. The Morgan fingerprint density at radius 3 is 2.70 bits per heavy atom. The number of aldehydes is 1. The number of carbonyl (C=O) groups is 1. The van der Waals surface area contributed by atoms with Gasteiger partial charge in [0.2, 0.25) is 0 Å². The van der Waals surface area contributed by atoms with E-state index in [0.717, 1.165) is 11.1 Å². The number of allylic oxidation sites excluding steroid dienone is 1. The fourth-order valence-electron chi connectivity index (χ4n) is 2.12. The van der Waals surface area contributed by atoms with E-state index in [1.54, 1.807) is 38.2 Å². The van der Waals surface area contributed by atoms with E-state index in [1.165, 1.54) is 10.9 Å². The van der Waals surface area contributed by atoms with Gasteiger partial charge in [-0.1, -0.05) is 6.07 Å². The number of aliphatic imine (C=N–C) groups is 1. The molecule has 1 aromatic carbocycles. The first-order valence-electron chi connectivity index (χ1n) is 6.96. The minimum absolute atomic E-state index is 0.240. The van der Waals surface area contributed by atoms with Gasteiger partial charge in [-0.05, 0) is 44.0 Å². The number of aryl methyl sites for hydroxylation is 1. The van der Waals surface area contributed by atoms with Gasteiger partial charge in [-0.3, -0.25) is 14.7 Å². The normalized spacial score (nSPS) is 12.1. The highest BCUT2D eigenvalue weighted by Crippen LogP contribution is 2.20. The fraction of sp³-hybridized carbons (Fsp3) is 0.176. The molecule has 6 nitrogen and oxygen atoms in total. The molecule has 0 fully saturated rings. The lowest BCUT2D eigenvalue weighted by molar-refractivity contribution is -0.104. The van der Waals surface area contributed by atoms with Crippen molar-refractivity contribution in [2.24, 2.45) is 4.99 Å². The Morgan fingerprint density at radius 2 is 2.09 bits per heavy atom. The number of aromatic amines is 1. The van der Waals surface area contributed by atoms with Gasteiger partial charge in [0, 0.05) is 18.0 Å². The topological polar surface area (TPSA) is 91.0 Å². The van der Waals surface area contributed by atoms with Crippen LogP contribution in [0.4, 0.5) is 0 Å². The van der Waals surface area contributed by atoms with E-state index in [1.807, 2.05) is 6.92 Å². The van der Waals surface area contributed by atoms with Crippen molar-refractivity contribution in [2.75, 3.05) is 0 Å². The minimum atomic E-state index is -0.240. The zero-order chi connectivity index (χ0) is 17.0. The monoisotopic (exact) mass is 308 g/mol. The van der Waals surface area contributed by atoms with Crippen LogP contribution >= 0.6 is 0 Å². The molecule has 0 saturated heterocycles. The number of benzene rings is 1. The van der Waals surface area contributed by atoms with Crippen LogP contribution in [0.15, 0.2) is 46.0 Å². The predicted molar refractivity (Wildman–Crippen MR) is 88.3 cm³/mol. The van der Waals surface area contributed by atoms with E-state index in [-0.39, 0.29) is 5.56 Å². The van der Waals surface area contributed by atoms with Gasteiger partial charge in [0.05, 0.1) is 17.2 Å². The van der Waals surface area contributed by atoms with Gasteiger partial charge in [0.1, 0.15) is 12.1 Å². The molecule has 1 aromatic heterocycles. The lowest BCUT2D eigenvalue weighted by atomic mass is 10.0. The molecule has 1 N–H and O–H groups in total. The van der Waals surface area contributed by atoms with Crippen LogP contribution in [0, 0.1) is 18.3 Å². The average molecular weight is 308 g/mol. The molecule has 0 unspecified atom stereocenters. The number of aromatic nitrogens is 2. The van der Waals surface area contributed by atoms with Crippen molar-refractivity contribution in [1.82, 2.24) is 9.78 Å². The summed E-state index contributed by atoms with van der Waals surface area (Å²) in [6, 6.07) is 7.24. The Kier molecular flexibility index (Phi) is 4.72. The second kappa shape index (κ2) is 6.71. The molecule has 6 heteroatoms. The number of hydrogen-bond acceptors (Lipinski definition) is 4. The number of rotatable bonds is 3. The quantitative estimate of drug-likeness (QED) is 0.408. The summed E-state index contributed by atoms with van der Waals surface area (Å²) in [5, 5.41) is 11.8. The second-order valence-electron chi connectivity index (χ2n) is 5.14. The van der Waals surface area contributed by atoms with Crippen molar-refractivity contribution >= 4 is 12.1 Å². The SMILES string of the molecule is CC(=N/C=C(\C)C=O)n1[nH]cc(-c2ccc(C#N)cc2C)c1=O. The lowest BCUT2D eigenvalue weighted by Crippen LogP contribution is -2.23. The number of carbonyl (C=O) groups excluding carboxylic acids is 1. The summed E-state index contributed by atoms with van der Waals surface area (Å²) < 4.78 is 1.31. The maximum absolute atomic E-state index is 12.5. The molecule has 1 heterocycles. The summed E-state index contributed by atoms with van der Waals surface area (Å²) in [7, 11) is 0. The number of nitrogens with zero attached hydrogens (tertiary/aromatic N) is 3. The zero-order valence-corrected chi connectivity index (χ0v) is 13.1. The van der Waals surface area contributed by atoms with E-state index in [4.69, 9.17) is 5.26 Å². The first kappa shape index (κ1) is 16.2. The molecule has 0 saturated carbocycles. The maximum Gasteiger partial charge on any atom is 0.280 e. The Hall–Kier alpha value is -3.20. The van der Waals surface area contributed by atoms with Crippen LogP contribution in [-0.4, -0.2) is 21.9 Å². The maximum atomic E-state index is 12.5. The van der Waals surface area contributed by atoms with Gasteiger partial charge in [-0.15, -0.1) is 0 Å². The van der Waals surface area contributed by atoms with Gasteiger partial charge in [0.15, 0.2) is 0 Å². The van der Waals surface area contributed by atoms with E-state index < -0.39 is 0 Å². The Bertz CT molecular complexity index is 907. The molecule has 2 rings (SSSR count). The molecule has 0 spiro atoms. The molecule has 0 radical (unpaired) electrons. The second-order valence-corrected chi connectivity index (χ2v) is 5.14. The smallest absolute Gasteiger partial charge is 0.280 e. The first-order chi connectivity index (χ1) is 11.0. The third kappa shape index (κ3) is 3.35. The lowest BCUT2D eigenvalue weighted by Gasteiger charge is -2.02. The summed E-state index contributed by atoms with van der Waals surface area (Å²) in [4.78, 5) is 27.2. The number of H-pyrrole nitrogens is 1. The van der Waals surface area contributed by atoms with Gasteiger partial charge in [0.25, 0.3) is 5.56 Å². The highest BCUT2D eigenvalue weighted by atomic mass is 16.1. The van der Waals surface area contributed by atoms with Crippen molar-refractivity contribution in [3.63, 3.8) is 0 Å². The van der Waals surface area contributed by atoms with E-state index in [2.05, 4.69) is 16.2 Å². The van der Waals surface area contributed by atoms with E-state index >= 15 is 0 Å². The van der Waals surface area contributed by atoms with Gasteiger partial charge in [-0.25, -0.2) is 9.67 Å². The molecule has 0 amide bonds. The van der Waals surface area contributed by atoms with Crippen molar-refractivity contribution in [1.29, 1.82) is 5.26 Å². The van der Waals surface area contributed by atoms with Gasteiger partial charge >= 0.3 is 0 Å². The summed E-state index contributed by atoms with van der Waals surface area (Å²) in [6.07, 6.45) is 3.70. The van der Waals surface area contributed by atoms with Crippen molar-refractivity contribution in [2.45, 2.75) is 20.8 Å². The summed E-state index contributed by atoms with van der Waals surface area (Å²) >= 11 is 0. The van der Waals surface area contributed by atoms with Crippen LogP contribution in [0.1, 0.15) is 25.0 Å². The molecule has 2 aromatic rings. The van der Waals surface area contributed by atoms with Crippen molar-refractivity contribution < 1.29 is 4.79 Å². The summed E-state index contributed by atoms with van der Waals surface area (Å²) in [5.41, 5.74) is 2.88. The molecular formula is C17H16N4O2. The van der Waals surface area contributed by atoms with Crippen LogP contribution in [-0.2, 0) is 4.79 Å². The molecule has 0 aliphatic rings. The number of nitrogens with one attached hydrogen (secondary N) is 1. The predicted octanol–water partition coefficient (Wildman–Crippen LogP) is 2.39. The molecule has 116 valence electrons. The fourth-order valence-corrected chi connectivity index (χ4v) is 2.12.